The molecule has 0 aliphatic rings. The van der Waals surface area contributed by atoms with Crippen LogP contribution in [-0.4, -0.2) is 27.1 Å². The lowest BCUT2D eigenvalue weighted by molar-refractivity contribution is 0.0551. The van der Waals surface area contributed by atoms with E-state index in [-0.39, 0.29) is 18.0 Å². The summed E-state index contributed by atoms with van der Waals surface area (Å²) in [4.78, 5) is 13.0. The summed E-state index contributed by atoms with van der Waals surface area (Å²) < 4.78 is 33.5. The Bertz CT molecular complexity index is 1030. The van der Waals surface area contributed by atoms with E-state index in [1.807, 2.05) is 18.2 Å². The van der Waals surface area contributed by atoms with Crippen LogP contribution in [-0.2, 0) is 0 Å². The molecule has 0 aliphatic carbocycles. The van der Waals surface area contributed by atoms with E-state index in [1.54, 1.807) is 26.0 Å². The summed E-state index contributed by atoms with van der Waals surface area (Å²) in [6.07, 6.45) is 1.74. The molecular formula is C21H20F2N2O3. The lowest BCUT2D eigenvalue weighted by Gasteiger charge is -2.18. The van der Waals surface area contributed by atoms with E-state index in [1.165, 1.54) is 12.3 Å². The van der Waals surface area contributed by atoms with Crippen molar-refractivity contribution in [1.82, 2.24) is 9.78 Å². The van der Waals surface area contributed by atoms with Crippen molar-refractivity contribution >= 4 is 0 Å². The first-order valence-electron chi connectivity index (χ1n) is 8.74. The van der Waals surface area contributed by atoms with Gasteiger partial charge in [-0.3, -0.25) is 4.79 Å². The third-order valence-corrected chi connectivity index (χ3v) is 4.13. The van der Waals surface area contributed by atoms with E-state index < -0.39 is 22.8 Å². The summed E-state index contributed by atoms with van der Waals surface area (Å²) in [6, 6.07) is 12.2. The van der Waals surface area contributed by atoms with Gasteiger partial charge >= 0.3 is 5.56 Å². The quantitative estimate of drug-likeness (QED) is 0.701. The predicted molar refractivity (Wildman–Crippen MR) is 102 cm³/mol. The molecule has 0 aliphatic heterocycles. The van der Waals surface area contributed by atoms with Gasteiger partial charge in [0, 0.05) is 18.1 Å². The number of benzene rings is 2. The first-order valence-corrected chi connectivity index (χ1v) is 8.74. The molecule has 0 bridgehead atoms. The number of hydrogen-bond donors (Lipinski definition) is 1. The minimum absolute atomic E-state index is 0.0233. The van der Waals surface area contributed by atoms with Gasteiger partial charge in [-0.15, -0.1) is 0 Å². The molecule has 0 amide bonds. The van der Waals surface area contributed by atoms with Crippen LogP contribution in [0.4, 0.5) is 8.78 Å². The molecule has 0 saturated carbocycles. The zero-order chi connectivity index (χ0) is 20.3. The molecule has 0 atom stereocenters. The van der Waals surface area contributed by atoms with E-state index in [0.29, 0.717) is 12.0 Å². The Morgan fingerprint density at radius 3 is 2.46 bits per heavy atom. The monoisotopic (exact) mass is 386 g/mol. The highest BCUT2D eigenvalue weighted by Crippen LogP contribution is 2.27. The summed E-state index contributed by atoms with van der Waals surface area (Å²) in [6.45, 7) is 3.38. The maximum absolute atomic E-state index is 13.6. The van der Waals surface area contributed by atoms with Crippen LogP contribution in [0.2, 0.25) is 0 Å². The third kappa shape index (κ3) is 4.43. The van der Waals surface area contributed by atoms with Crippen molar-refractivity contribution in [3.63, 3.8) is 0 Å². The lowest BCUT2D eigenvalue weighted by atomic mass is 10.1. The third-order valence-electron chi connectivity index (χ3n) is 4.13. The second-order valence-corrected chi connectivity index (χ2v) is 6.98. The fraction of sp³-hybridized carbons (Fsp3) is 0.238. The Hall–Kier alpha value is -3.06. The molecule has 3 rings (SSSR count). The van der Waals surface area contributed by atoms with Gasteiger partial charge in [0.1, 0.15) is 0 Å². The Morgan fingerprint density at radius 2 is 1.82 bits per heavy atom. The van der Waals surface area contributed by atoms with Gasteiger partial charge in [-0.25, -0.2) is 8.78 Å². The Balaban J connectivity index is 2.08. The van der Waals surface area contributed by atoms with Crippen LogP contribution >= 0.6 is 0 Å². The summed E-state index contributed by atoms with van der Waals surface area (Å²) in [7, 11) is 0. The van der Waals surface area contributed by atoms with Crippen LogP contribution < -0.4 is 10.3 Å². The fourth-order valence-corrected chi connectivity index (χ4v) is 2.60. The smallest absolute Gasteiger partial charge is 0.314 e. The molecule has 1 N–H and O–H groups in total. The molecule has 28 heavy (non-hydrogen) atoms. The summed E-state index contributed by atoms with van der Waals surface area (Å²) in [5.41, 5.74) is -0.291. The van der Waals surface area contributed by atoms with E-state index in [2.05, 4.69) is 5.10 Å². The Labute approximate surface area is 160 Å². The zero-order valence-electron chi connectivity index (χ0n) is 15.5. The molecule has 0 spiro atoms. The fourth-order valence-electron chi connectivity index (χ4n) is 2.60. The van der Waals surface area contributed by atoms with Crippen LogP contribution in [0.25, 0.3) is 16.8 Å². The number of halogens is 2. The van der Waals surface area contributed by atoms with Crippen LogP contribution in [0.1, 0.15) is 20.3 Å². The normalized spacial score (nSPS) is 11.5. The van der Waals surface area contributed by atoms with Crippen LogP contribution in [0.3, 0.4) is 0 Å². The topological polar surface area (TPSA) is 64.3 Å². The second kappa shape index (κ2) is 7.90. The van der Waals surface area contributed by atoms with Crippen molar-refractivity contribution in [2.75, 3.05) is 6.61 Å². The Kier molecular flexibility index (Phi) is 5.56. The maximum Gasteiger partial charge on any atom is 0.314 e. The molecule has 0 saturated heterocycles. The molecule has 2 aromatic carbocycles. The number of nitrogens with zero attached hydrogens (tertiary/aromatic N) is 2. The summed E-state index contributed by atoms with van der Waals surface area (Å²) in [5.74, 6) is -2.07. The average Bonchev–Trinajstić information content (AvgIpc) is 2.65. The van der Waals surface area contributed by atoms with Gasteiger partial charge in [0.05, 0.1) is 24.1 Å². The van der Waals surface area contributed by atoms with Gasteiger partial charge in [0.25, 0.3) is 0 Å². The number of hydrogen-bond acceptors (Lipinski definition) is 4. The SMILES string of the molecule is CC(C)(O)CCOc1c(-c2ccccc2)cnn(-c2ccc(F)c(F)c2)c1=O. The molecule has 3 aromatic rings. The highest BCUT2D eigenvalue weighted by atomic mass is 19.2. The van der Waals surface area contributed by atoms with Crippen molar-refractivity contribution < 1.29 is 18.6 Å². The van der Waals surface area contributed by atoms with Gasteiger partial charge in [-0.1, -0.05) is 30.3 Å². The standard InChI is InChI=1S/C21H20F2N2O3/c1-21(2,27)10-11-28-19-16(14-6-4-3-5-7-14)13-24-25(20(19)26)15-8-9-17(22)18(23)12-15/h3-9,12-13,27H,10-11H2,1-2H3. The van der Waals surface area contributed by atoms with Gasteiger partial charge in [-0.05, 0) is 31.5 Å². The van der Waals surface area contributed by atoms with Crippen molar-refractivity contribution in [1.29, 1.82) is 0 Å². The minimum Gasteiger partial charge on any atom is -0.487 e. The molecule has 1 heterocycles. The highest BCUT2D eigenvalue weighted by molar-refractivity contribution is 5.69. The van der Waals surface area contributed by atoms with Crippen LogP contribution in [0, 0.1) is 11.6 Å². The summed E-state index contributed by atoms with van der Waals surface area (Å²) in [5, 5.41) is 14.0. The molecule has 0 fully saturated rings. The molecule has 5 nitrogen and oxygen atoms in total. The van der Waals surface area contributed by atoms with Crippen LogP contribution in [0.5, 0.6) is 5.75 Å². The lowest BCUT2D eigenvalue weighted by Crippen LogP contribution is -2.26. The Morgan fingerprint density at radius 1 is 1.11 bits per heavy atom. The maximum atomic E-state index is 13.6. The van der Waals surface area contributed by atoms with E-state index in [0.717, 1.165) is 22.4 Å². The molecule has 146 valence electrons. The summed E-state index contributed by atoms with van der Waals surface area (Å²) >= 11 is 0. The average molecular weight is 386 g/mol. The van der Waals surface area contributed by atoms with Crippen molar-refractivity contribution in [3.05, 3.63) is 76.7 Å². The molecule has 0 unspecified atom stereocenters. The van der Waals surface area contributed by atoms with Crippen molar-refractivity contribution in [2.24, 2.45) is 0 Å². The van der Waals surface area contributed by atoms with Crippen molar-refractivity contribution in [3.8, 4) is 22.6 Å². The van der Waals surface area contributed by atoms with Gasteiger partial charge in [0.2, 0.25) is 0 Å². The first-order chi connectivity index (χ1) is 13.3. The minimum atomic E-state index is -1.08. The van der Waals surface area contributed by atoms with E-state index in [9.17, 15) is 18.7 Å². The number of aromatic nitrogens is 2. The molecule has 7 heteroatoms. The largest absolute Gasteiger partial charge is 0.487 e. The van der Waals surface area contributed by atoms with E-state index in [4.69, 9.17) is 4.74 Å². The zero-order valence-corrected chi connectivity index (χ0v) is 15.5. The molecule has 1 aromatic heterocycles. The van der Waals surface area contributed by atoms with Gasteiger partial charge in [-0.2, -0.15) is 9.78 Å². The number of aliphatic hydroxyl groups is 1. The van der Waals surface area contributed by atoms with Crippen LogP contribution in [0.15, 0.2) is 59.5 Å². The van der Waals surface area contributed by atoms with E-state index >= 15 is 0 Å². The number of ether oxygens (including phenoxy) is 1. The van der Waals surface area contributed by atoms with Gasteiger partial charge < -0.3 is 9.84 Å². The first kappa shape index (κ1) is 19.7. The predicted octanol–water partition coefficient (Wildman–Crippen LogP) is 3.72. The number of rotatable bonds is 6. The van der Waals surface area contributed by atoms with Gasteiger partial charge in [0.15, 0.2) is 17.4 Å². The molecule has 0 radical (unpaired) electrons. The highest BCUT2D eigenvalue weighted by Gasteiger charge is 2.18. The molecular weight excluding hydrogens is 366 g/mol. The second-order valence-electron chi connectivity index (χ2n) is 6.98. The van der Waals surface area contributed by atoms with Crippen molar-refractivity contribution in [2.45, 2.75) is 25.9 Å².